The highest BCUT2D eigenvalue weighted by Crippen LogP contribution is 2.29. The fraction of sp³-hybridized carbons (Fsp3) is 0.438. The number of benzene rings is 1. The molecule has 0 bridgehead atoms. The second-order valence-electron chi connectivity index (χ2n) is 5.08. The smallest absolute Gasteiger partial charge is 0.251 e. The molecule has 5 heteroatoms. The van der Waals surface area contributed by atoms with Crippen LogP contribution >= 0.6 is 0 Å². The minimum Gasteiger partial charge on any atom is -0.490 e. The number of amides is 1. The normalized spacial score (nSPS) is 11.0. The molecule has 0 aliphatic heterocycles. The lowest BCUT2D eigenvalue weighted by atomic mass is 10.1. The van der Waals surface area contributed by atoms with Crippen LogP contribution in [0.1, 0.15) is 30.6 Å². The number of carbonyl (C=O) groups is 1. The highest BCUT2D eigenvalue weighted by Gasteiger charge is 2.13. The lowest BCUT2D eigenvalue weighted by Crippen LogP contribution is -2.25. The molecule has 1 N–H and O–H groups in total. The zero-order valence-corrected chi connectivity index (χ0v) is 12.6. The number of rotatable bonds is 7. The SMILES string of the molecule is COCCCNC(=O)c1cc(OC(C)C)c2ccoc2c1. The molecule has 0 fully saturated rings. The molecule has 21 heavy (non-hydrogen) atoms. The number of fused-ring (bicyclic) bond motifs is 1. The van der Waals surface area contributed by atoms with Crippen LogP contribution in [-0.2, 0) is 4.74 Å². The molecule has 0 aliphatic carbocycles. The highest BCUT2D eigenvalue weighted by atomic mass is 16.5. The van der Waals surface area contributed by atoms with Gasteiger partial charge in [-0.3, -0.25) is 4.79 Å². The summed E-state index contributed by atoms with van der Waals surface area (Å²) in [6.45, 7) is 5.09. The summed E-state index contributed by atoms with van der Waals surface area (Å²) < 4.78 is 16.1. The van der Waals surface area contributed by atoms with Crippen molar-refractivity contribution in [1.29, 1.82) is 0 Å². The Hall–Kier alpha value is -2.01. The summed E-state index contributed by atoms with van der Waals surface area (Å²) >= 11 is 0. The Kier molecular flexibility index (Phi) is 5.22. The lowest BCUT2D eigenvalue weighted by molar-refractivity contribution is 0.0948. The number of furan rings is 1. The molecular formula is C16H21NO4. The molecule has 0 radical (unpaired) electrons. The van der Waals surface area contributed by atoms with Crippen LogP contribution in [0, 0.1) is 0 Å². The largest absolute Gasteiger partial charge is 0.490 e. The molecule has 1 heterocycles. The van der Waals surface area contributed by atoms with E-state index in [2.05, 4.69) is 5.32 Å². The van der Waals surface area contributed by atoms with E-state index in [1.54, 1.807) is 25.5 Å². The standard InChI is InChI=1S/C16H21NO4/c1-11(2)21-15-10-12(9-14-13(15)5-8-20-14)16(18)17-6-4-7-19-3/h5,8-11H,4,6-7H2,1-3H3,(H,17,18). The molecule has 0 aliphatic rings. The van der Waals surface area contributed by atoms with Crippen LogP contribution in [0.15, 0.2) is 28.9 Å². The summed E-state index contributed by atoms with van der Waals surface area (Å²) in [5.41, 5.74) is 1.18. The van der Waals surface area contributed by atoms with Gasteiger partial charge < -0.3 is 19.2 Å². The minimum atomic E-state index is -0.141. The Bertz CT molecular complexity index is 603. The maximum absolute atomic E-state index is 12.2. The van der Waals surface area contributed by atoms with Gasteiger partial charge in [-0.25, -0.2) is 0 Å². The molecule has 1 amide bonds. The van der Waals surface area contributed by atoms with E-state index in [4.69, 9.17) is 13.9 Å². The molecule has 0 unspecified atom stereocenters. The van der Waals surface area contributed by atoms with Crippen LogP contribution in [0.4, 0.5) is 0 Å². The first-order valence-corrected chi connectivity index (χ1v) is 7.07. The van der Waals surface area contributed by atoms with Crippen molar-refractivity contribution in [1.82, 2.24) is 5.32 Å². The topological polar surface area (TPSA) is 60.7 Å². The predicted molar refractivity (Wildman–Crippen MR) is 80.8 cm³/mol. The summed E-state index contributed by atoms with van der Waals surface area (Å²) in [6.07, 6.45) is 2.40. The Morgan fingerprint density at radius 1 is 1.38 bits per heavy atom. The van der Waals surface area contributed by atoms with Gasteiger partial charge in [0.05, 0.1) is 17.8 Å². The summed E-state index contributed by atoms with van der Waals surface area (Å²) in [4.78, 5) is 12.2. The van der Waals surface area contributed by atoms with Gasteiger partial charge in [0.25, 0.3) is 5.91 Å². The van der Waals surface area contributed by atoms with Gasteiger partial charge in [0.2, 0.25) is 0 Å². The van der Waals surface area contributed by atoms with Crippen molar-refractivity contribution in [2.24, 2.45) is 0 Å². The van der Waals surface area contributed by atoms with Crippen molar-refractivity contribution in [2.75, 3.05) is 20.3 Å². The van der Waals surface area contributed by atoms with E-state index < -0.39 is 0 Å². The maximum Gasteiger partial charge on any atom is 0.251 e. The van der Waals surface area contributed by atoms with Gasteiger partial charge in [0.15, 0.2) is 0 Å². The van der Waals surface area contributed by atoms with E-state index in [1.165, 1.54) is 0 Å². The number of nitrogens with one attached hydrogen (secondary N) is 1. The molecular weight excluding hydrogens is 270 g/mol. The van der Waals surface area contributed by atoms with Crippen LogP contribution in [0.3, 0.4) is 0 Å². The van der Waals surface area contributed by atoms with Crippen molar-refractivity contribution in [3.05, 3.63) is 30.0 Å². The van der Waals surface area contributed by atoms with Crippen LogP contribution in [-0.4, -0.2) is 32.3 Å². The predicted octanol–water partition coefficient (Wildman–Crippen LogP) is 2.99. The summed E-state index contributed by atoms with van der Waals surface area (Å²) in [5.74, 6) is 0.524. The van der Waals surface area contributed by atoms with E-state index >= 15 is 0 Å². The van der Waals surface area contributed by atoms with Gasteiger partial charge in [0, 0.05) is 25.8 Å². The van der Waals surface area contributed by atoms with Crippen molar-refractivity contribution in [3.63, 3.8) is 0 Å². The van der Waals surface area contributed by atoms with Gasteiger partial charge in [0.1, 0.15) is 11.3 Å². The molecule has 0 saturated carbocycles. The summed E-state index contributed by atoms with van der Waals surface area (Å²) in [7, 11) is 1.64. The molecule has 2 rings (SSSR count). The van der Waals surface area contributed by atoms with Gasteiger partial charge in [-0.05, 0) is 38.5 Å². The third kappa shape index (κ3) is 3.98. The number of ether oxygens (including phenoxy) is 2. The third-order valence-electron chi connectivity index (χ3n) is 2.97. The molecule has 0 atom stereocenters. The van der Waals surface area contributed by atoms with E-state index in [1.807, 2.05) is 19.9 Å². The first kappa shape index (κ1) is 15.4. The molecule has 0 spiro atoms. The third-order valence-corrected chi connectivity index (χ3v) is 2.97. The summed E-state index contributed by atoms with van der Waals surface area (Å²) in [5, 5.41) is 3.73. The van der Waals surface area contributed by atoms with Crippen molar-refractivity contribution in [2.45, 2.75) is 26.4 Å². The molecule has 5 nitrogen and oxygen atoms in total. The van der Waals surface area contributed by atoms with E-state index in [0.29, 0.717) is 30.0 Å². The molecule has 0 saturated heterocycles. The number of hydrogen-bond donors (Lipinski definition) is 1. The maximum atomic E-state index is 12.2. The van der Waals surface area contributed by atoms with Gasteiger partial charge >= 0.3 is 0 Å². The van der Waals surface area contributed by atoms with Crippen LogP contribution in [0.5, 0.6) is 5.75 Å². The second kappa shape index (κ2) is 7.13. The number of carbonyl (C=O) groups excluding carboxylic acids is 1. The summed E-state index contributed by atoms with van der Waals surface area (Å²) in [6, 6.07) is 5.32. The average Bonchev–Trinajstić information content (AvgIpc) is 2.91. The quantitative estimate of drug-likeness (QED) is 0.797. The van der Waals surface area contributed by atoms with E-state index in [9.17, 15) is 4.79 Å². The Labute approximate surface area is 124 Å². The first-order valence-electron chi connectivity index (χ1n) is 7.07. The van der Waals surface area contributed by atoms with Crippen LogP contribution in [0.2, 0.25) is 0 Å². The minimum absolute atomic E-state index is 0.0307. The van der Waals surface area contributed by atoms with Crippen molar-refractivity contribution >= 4 is 16.9 Å². The van der Waals surface area contributed by atoms with Crippen molar-refractivity contribution in [3.8, 4) is 5.75 Å². The zero-order valence-electron chi connectivity index (χ0n) is 12.6. The van der Waals surface area contributed by atoms with Gasteiger partial charge in [-0.1, -0.05) is 0 Å². The number of methoxy groups -OCH3 is 1. The number of hydrogen-bond acceptors (Lipinski definition) is 4. The zero-order chi connectivity index (χ0) is 15.2. The average molecular weight is 291 g/mol. The van der Waals surface area contributed by atoms with Gasteiger partial charge in [-0.2, -0.15) is 0 Å². The van der Waals surface area contributed by atoms with E-state index in [0.717, 1.165) is 11.8 Å². The fourth-order valence-corrected chi connectivity index (χ4v) is 2.04. The van der Waals surface area contributed by atoms with E-state index in [-0.39, 0.29) is 12.0 Å². The fourth-order valence-electron chi connectivity index (χ4n) is 2.04. The Balaban J connectivity index is 2.17. The van der Waals surface area contributed by atoms with Crippen molar-refractivity contribution < 1.29 is 18.7 Å². The molecule has 1 aromatic carbocycles. The van der Waals surface area contributed by atoms with Crippen LogP contribution < -0.4 is 10.1 Å². The molecule has 2 aromatic rings. The Morgan fingerprint density at radius 2 is 2.19 bits per heavy atom. The highest BCUT2D eigenvalue weighted by molar-refractivity contribution is 5.99. The first-order chi connectivity index (χ1) is 10.1. The van der Waals surface area contributed by atoms with Crippen LogP contribution in [0.25, 0.3) is 11.0 Å². The monoisotopic (exact) mass is 291 g/mol. The second-order valence-corrected chi connectivity index (χ2v) is 5.08. The Morgan fingerprint density at radius 3 is 2.90 bits per heavy atom. The molecule has 1 aromatic heterocycles. The molecule has 114 valence electrons. The lowest BCUT2D eigenvalue weighted by Gasteiger charge is -2.12. The van der Waals surface area contributed by atoms with Gasteiger partial charge in [-0.15, -0.1) is 0 Å².